The average Bonchev–Trinajstić information content (AvgIpc) is 2.16. The first kappa shape index (κ1) is 12.7. The fraction of sp³-hybridized carbons (Fsp3) is 1.00. The molecule has 1 unspecified atom stereocenters. The molecule has 0 saturated carbocycles. The predicted octanol–water partition coefficient (Wildman–Crippen LogP) is -0.471. The van der Waals surface area contributed by atoms with Crippen molar-refractivity contribution in [2.75, 3.05) is 26.3 Å². The molecule has 0 spiro atoms. The van der Waals surface area contributed by atoms with E-state index in [2.05, 4.69) is 0 Å². The molecule has 0 radical (unpaired) electrons. The first-order valence-corrected chi connectivity index (χ1v) is 5.52. The van der Waals surface area contributed by atoms with Crippen molar-refractivity contribution < 1.29 is 31.4 Å². The molecule has 1 fully saturated rings. The van der Waals surface area contributed by atoms with Crippen LogP contribution in [0.2, 0.25) is 0 Å². The highest BCUT2D eigenvalue weighted by Gasteiger charge is 2.50. The first-order chi connectivity index (χ1) is 6.79. The van der Waals surface area contributed by atoms with Crippen molar-refractivity contribution in [2.45, 2.75) is 11.6 Å². The Morgan fingerprint density at radius 3 is 2.53 bits per heavy atom. The maximum atomic E-state index is 12.1. The van der Waals surface area contributed by atoms with E-state index < -0.39 is 34.8 Å². The lowest BCUT2D eigenvalue weighted by Gasteiger charge is -2.31. The number of nitrogens with zero attached hydrogens (tertiary/aromatic N) is 1. The molecule has 1 atom stereocenters. The Kier molecular flexibility index (Phi) is 3.59. The molecule has 0 aromatic rings. The quantitative estimate of drug-likeness (QED) is 0.718. The van der Waals surface area contributed by atoms with Gasteiger partial charge in [0.15, 0.2) is 0 Å². The van der Waals surface area contributed by atoms with Gasteiger partial charge in [-0.25, -0.2) is 8.42 Å². The van der Waals surface area contributed by atoms with Crippen LogP contribution >= 0.6 is 0 Å². The molecule has 1 aliphatic heterocycles. The minimum absolute atomic E-state index is 0.152. The Labute approximate surface area is 84.5 Å². The normalized spacial score (nSPS) is 25.5. The third-order valence-electron chi connectivity index (χ3n) is 1.94. The summed E-state index contributed by atoms with van der Waals surface area (Å²) in [4.78, 5) is 0. The summed E-state index contributed by atoms with van der Waals surface area (Å²) < 4.78 is 63.3. The van der Waals surface area contributed by atoms with Gasteiger partial charge in [0.05, 0.1) is 19.3 Å². The lowest BCUT2D eigenvalue weighted by atomic mass is 10.3. The number of hydrogen-bond donors (Lipinski definition) is 1. The van der Waals surface area contributed by atoms with Gasteiger partial charge in [-0.15, -0.1) is 0 Å². The summed E-state index contributed by atoms with van der Waals surface area (Å²) in [5.74, 6) is 0. The van der Waals surface area contributed by atoms with Gasteiger partial charge in [-0.2, -0.15) is 17.5 Å². The molecule has 0 aromatic carbocycles. The zero-order valence-corrected chi connectivity index (χ0v) is 8.38. The van der Waals surface area contributed by atoms with Crippen LogP contribution in [-0.2, 0) is 14.8 Å². The van der Waals surface area contributed by atoms with Crippen LogP contribution in [0.3, 0.4) is 0 Å². The fourth-order valence-electron chi connectivity index (χ4n) is 1.17. The molecule has 0 bridgehead atoms. The largest absolute Gasteiger partial charge is 0.511 e. The second-order valence-electron chi connectivity index (χ2n) is 2.98. The number of morpholine rings is 1. The Hall–Kier alpha value is -0.380. The van der Waals surface area contributed by atoms with E-state index in [1.807, 2.05) is 0 Å². The van der Waals surface area contributed by atoms with E-state index in [1.54, 1.807) is 0 Å². The van der Waals surface area contributed by atoms with Gasteiger partial charge in [0.1, 0.15) is 0 Å². The third kappa shape index (κ3) is 2.60. The van der Waals surface area contributed by atoms with Crippen LogP contribution in [0.25, 0.3) is 0 Å². The minimum atomic E-state index is -5.30. The highest BCUT2D eigenvalue weighted by atomic mass is 32.2. The van der Waals surface area contributed by atoms with Gasteiger partial charge >= 0.3 is 15.5 Å². The Bertz CT molecular complexity index is 315. The molecule has 1 heterocycles. The van der Waals surface area contributed by atoms with E-state index in [1.165, 1.54) is 0 Å². The smallest absolute Gasteiger partial charge is 0.394 e. The molecular weight excluding hydrogens is 239 g/mol. The van der Waals surface area contributed by atoms with Crippen LogP contribution in [0.4, 0.5) is 13.2 Å². The second-order valence-corrected chi connectivity index (χ2v) is 4.91. The van der Waals surface area contributed by atoms with Gasteiger partial charge in [-0.1, -0.05) is 0 Å². The summed E-state index contributed by atoms with van der Waals surface area (Å²) in [5.41, 5.74) is -5.30. The van der Waals surface area contributed by atoms with Crippen molar-refractivity contribution in [3.05, 3.63) is 0 Å². The van der Waals surface area contributed by atoms with Crippen molar-refractivity contribution >= 4 is 10.0 Å². The van der Waals surface area contributed by atoms with Crippen LogP contribution in [0, 0.1) is 0 Å². The molecule has 5 nitrogen and oxygen atoms in total. The highest BCUT2D eigenvalue weighted by Crippen LogP contribution is 2.27. The van der Waals surface area contributed by atoms with Crippen molar-refractivity contribution in [1.29, 1.82) is 0 Å². The minimum Gasteiger partial charge on any atom is -0.394 e. The number of rotatable bonds is 2. The van der Waals surface area contributed by atoms with Crippen LogP contribution in [-0.4, -0.2) is 55.7 Å². The van der Waals surface area contributed by atoms with Gasteiger partial charge in [0.25, 0.3) is 0 Å². The van der Waals surface area contributed by atoms with Crippen molar-refractivity contribution in [1.82, 2.24) is 4.31 Å². The number of sulfonamides is 1. The summed E-state index contributed by atoms with van der Waals surface area (Å²) in [6.45, 7) is -1.49. The van der Waals surface area contributed by atoms with Crippen molar-refractivity contribution in [3.63, 3.8) is 0 Å². The van der Waals surface area contributed by atoms with Crippen molar-refractivity contribution in [2.24, 2.45) is 0 Å². The fourth-order valence-corrected chi connectivity index (χ4v) is 2.14. The molecule has 9 heteroatoms. The molecular formula is C6H10F3NO4S. The average molecular weight is 249 g/mol. The summed E-state index contributed by atoms with van der Waals surface area (Å²) in [5, 5.41) is 8.65. The van der Waals surface area contributed by atoms with Gasteiger partial charge in [0.2, 0.25) is 0 Å². The van der Waals surface area contributed by atoms with Gasteiger partial charge in [-0.3, -0.25) is 0 Å². The second kappa shape index (κ2) is 4.24. The SMILES string of the molecule is O=S(=O)(N1CCOC(CO)C1)C(F)(F)F. The zero-order chi connectivity index (χ0) is 11.7. The predicted molar refractivity (Wildman–Crippen MR) is 43.4 cm³/mol. The van der Waals surface area contributed by atoms with Gasteiger partial charge in [0, 0.05) is 13.1 Å². The highest BCUT2D eigenvalue weighted by molar-refractivity contribution is 7.90. The standard InChI is InChI=1S/C6H10F3NO4S/c7-6(8,9)15(12,13)10-1-2-14-5(3-10)4-11/h5,11H,1-4H2. The molecule has 1 rings (SSSR count). The number of hydrogen-bond acceptors (Lipinski definition) is 4. The van der Waals surface area contributed by atoms with E-state index >= 15 is 0 Å². The molecule has 0 aromatic heterocycles. The van der Waals surface area contributed by atoms with Crippen molar-refractivity contribution in [3.8, 4) is 0 Å². The molecule has 15 heavy (non-hydrogen) atoms. The van der Waals surface area contributed by atoms with E-state index in [0.29, 0.717) is 0 Å². The molecule has 1 saturated heterocycles. The third-order valence-corrected chi connectivity index (χ3v) is 3.53. The molecule has 1 aliphatic rings. The van der Waals surface area contributed by atoms with Crippen LogP contribution < -0.4 is 0 Å². The van der Waals surface area contributed by atoms with Crippen LogP contribution in [0.5, 0.6) is 0 Å². The lowest BCUT2D eigenvalue weighted by molar-refractivity contribution is -0.0623. The number of halogens is 3. The Morgan fingerprint density at radius 2 is 2.07 bits per heavy atom. The Balaban J connectivity index is 2.80. The van der Waals surface area contributed by atoms with Crippen LogP contribution in [0.1, 0.15) is 0 Å². The monoisotopic (exact) mass is 249 g/mol. The van der Waals surface area contributed by atoms with Crippen LogP contribution in [0.15, 0.2) is 0 Å². The molecule has 1 N–H and O–H groups in total. The maximum absolute atomic E-state index is 12.1. The molecule has 90 valence electrons. The number of aliphatic hydroxyl groups is 1. The van der Waals surface area contributed by atoms with Gasteiger partial charge in [-0.05, 0) is 0 Å². The number of ether oxygens (including phenoxy) is 1. The van der Waals surface area contributed by atoms with E-state index in [0.717, 1.165) is 0 Å². The lowest BCUT2D eigenvalue weighted by Crippen LogP contribution is -2.50. The molecule has 0 aliphatic carbocycles. The zero-order valence-electron chi connectivity index (χ0n) is 7.57. The summed E-state index contributed by atoms with van der Waals surface area (Å²) >= 11 is 0. The summed E-state index contributed by atoms with van der Waals surface area (Å²) in [6, 6.07) is 0. The van der Waals surface area contributed by atoms with E-state index in [4.69, 9.17) is 9.84 Å². The van der Waals surface area contributed by atoms with E-state index in [-0.39, 0.29) is 17.5 Å². The summed E-state index contributed by atoms with van der Waals surface area (Å²) in [7, 11) is -5.30. The Morgan fingerprint density at radius 1 is 1.47 bits per heavy atom. The summed E-state index contributed by atoms with van der Waals surface area (Å²) in [6.07, 6.45) is -0.893. The number of aliphatic hydroxyl groups excluding tert-OH is 1. The number of alkyl halides is 3. The van der Waals surface area contributed by atoms with E-state index in [9.17, 15) is 21.6 Å². The topological polar surface area (TPSA) is 66.8 Å². The molecule has 0 amide bonds. The first-order valence-electron chi connectivity index (χ1n) is 4.08. The van der Waals surface area contributed by atoms with Gasteiger partial charge < -0.3 is 9.84 Å². The maximum Gasteiger partial charge on any atom is 0.511 e.